The summed E-state index contributed by atoms with van der Waals surface area (Å²) >= 11 is 7.66. The van der Waals surface area contributed by atoms with Crippen molar-refractivity contribution in [3.05, 3.63) is 62.5 Å². The minimum Gasteiger partial charge on any atom is -0.459 e. The molecule has 3 rings (SSSR count). The number of carbonyl (C=O) groups excluding carboxylic acids is 1. The first-order valence-corrected chi connectivity index (χ1v) is 9.24. The summed E-state index contributed by atoms with van der Waals surface area (Å²) in [5, 5.41) is 5.83. The molecule has 1 aliphatic heterocycles. The number of amidine groups is 1. The number of nitrogens with zero attached hydrogens (tertiary/aromatic N) is 2. The lowest BCUT2D eigenvalue weighted by Gasteiger charge is -2.26. The fourth-order valence-corrected chi connectivity index (χ4v) is 3.47. The van der Waals surface area contributed by atoms with Gasteiger partial charge in [-0.3, -0.25) is 4.99 Å². The molecule has 1 aliphatic rings. The average Bonchev–Trinajstić information content (AvgIpc) is 3.07. The molecule has 1 unspecified atom stereocenters. The van der Waals surface area contributed by atoms with Gasteiger partial charge in [0, 0.05) is 27.9 Å². The highest BCUT2D eigenvalue weighted by molar-refractivity contribution is 7.11. The van der Waals surface area contributed by atoms with Crippen molar-refractivity contribution in [2.75, 3.05) is 0 Å². The topological polar surface area (TPSA) is 63.6 Å². The molecule has 1 N–H and O–H groups in total. The van der Waals surface area contributed by atoms with Gasteiger partial charge in [-0.25, -0.2) is 14.2 Å². The van der Waals surface area contributed by atoms with E-state index in [4.69, 9.17) is 16.3 Å². The van der Waals surface area contributed by atoms with E-state index in [1.54, 1.807) is 27.0 Å². The van der Waals surface area contributed by atoms with Gasteiger partial charge in [-0.2, -0.15) is 0 Å². The molecule has 0 amide bonds. The van der Waals surface area contributed by atoms with E-state index in [2.05, 4.69) is 15.3 Å². The van der Waals surface area contributed by atoms with Crippen molar-refractivity contribution in [1.29, 1.82) is 0 Å². The summed E-state index contributed by atoms with van der Waals surface area (Å²) in [4.78, 5) is 21.5. The third kappa shape index (κ3) is 3.78. The van der Waals surface area contributed by atoms with Crippen molar-refractivity contribution >= 4 is 34.7 Å². The molecule has 0 bridgehead atoms. The van der Waals surface area contributed by atoms with Crippen LogP contribution < -0.4 is 5.32 Å². The molecular formula is C18H17ClFN3O2S. The maximum absolute atomic E-state index is 13.5. The van der Waals surface area contributed by atoms with Gasteiger partial charge < -0.3 is 10.1 Å². The first-order chi connectivity index (χ1) is 12.4. The van der Waals surface area contributed by atoms with Gasteiger partial charge in [-0.1, -0.05) is 17.7 Å². The zero-order valence-electron chi connectivity index (χ0n) is 14.4. The van der Waals surface area contributed by atoms with E-state index < -0.39 is 17.8 Å². The number of thiazole rings is 1. The Bertz CT molecular complexity index is 894. The molecule has 0 saturated heterocycles. The Labute approximate surface area is 159 Å². The molecule has 0 aliphatic carbocycles. The van der Waals surface area contributed by atoms with E-state index in [9.17, 15) is 9.18 Å². The monoisotopic (exact) mass is 393 g/mol. The fourth-order valence-electron chi connectivity index (χ4n) is 2.62. The maximum atomic E-state index is 13.5. The highest BCUT2D eigenvalue weighted by Gasteiger charge is 2.33. The predicted octanol–water partition coefficient (Wildman–Crippen LogP) is 4.25. The zero-order valence-corrected chi connectivity index (χ0v) is 16.0. The molecule has 0 spiro atoms. The van der Waals surface area contributed by atoms with E-state index in [1.807, 2.05) is 5.38 Å². The molecular weight excluding hydrogens is 377 g/mol. The van der Waals surface area contributed by atoms with Crippen LogP contribution in [0, 0.1) is 5.82 Å². The lowest BCUT2D eigenvalue weighted by atomic mass is 9.96. The second-order valence-corrected chi connectivity index (χ2v) is 7.30. The molecule has 1 atom stereocenters. The minimum absolute atomic E-state index is 0.196. The first kappa shape index (κ1) is 18.5. The van der Waals surface area contributed by atoms with E-state index in [-0.39, 0.29) is 11.1 Å². The molecule has 136 valence electrons. The van der Waals surface area contributed by atoms with E-state index in [0.29, 0.717) is 27.7 Å². The third-order valence-electron chi connectivity index (χ3n) is 3.70. The van der Waals surface area contributed by atoms with Crippen molar-refractivity contribution < 1.29 is 13.9 Å². The highest BCUT2D eigenvalue weighted by Crippen LogP contribution is 2.36. The number of hydrogen-bond donors (Lipinski definition) is 1. The maximum Gasteiger partial charge on any atom is 0.338 e. The van der Waals surface area contributed by atoms with Gasteiger partial charge in [0.2, 0.25) is 0 Å². The van der Waals surface area contributed by atoms with Gasteiger partial charge in [-0.15, -0.1) is 11.3 Å². The van der Waals surface area contributed by atoms with Gasteiger partial charge in [-0.05, 0) is 32.9 Å². The van der Waals surface area contributed by atoms with Crippen LogP contribution in [0.15, 0.2) is 46.0 Å². The Morgan fingerprint density at radius 1 is 1.42 bits per heavy atom. The largest absolute Gasteiger partial charge is 0.459 e. The van der Waals surface area contributed by atoms with Crippen molar-refractivity contribution in [3.8, 4) is 0 Å². The standard InChI is InChI=1S/C18H17ClFN3O2S/c1-9(2)25-18(24)14-10(3)22-16(17-21-6-7-26-17)23-15(14)12-5-4-11(20)8-13(12)19/h4-9,15H,1-3H3,(H,22,23). The minimum atomic E-state index is -0.713. The molecule has 0 radical (unpaired) electrons. The van der Waals surface area contributed by atoms with Crippen LogP contribution in [0.5, 0.6) is 0 Å². The van der Waals surface area contributed by atoms with Crippen molar-refractivity contribution in [1.82, 2.24) is 10.3 Å². The van der Waals surface area contributed by atoms with E-state index >= 15 is 0 Å². The fraction of sp³-hybridized carbons (Fsp3) is 0.278. The molecule has 26 heavy (non-hydrogen) atoms. The second kappa shape index (κ2) is 7.55. The Hall–Kier alpha value is -2.25. The van der Waals surface area contributed by atoms with Crippen LogP contribution in [0.4, 0.5) is 4.39 Å². The van der Waals surface area contributed by atoms with Crippen LogP contribution in [0.1, 0.15) is 37.4 Å². The van der Waals surface area contributed by atoms with Crippen molar-refractivity contribution in [3.63, 3.8) is 0 Å². The van der Waals surface area contributed by atoms with Gasteiger partial charge in [0.1, 0.15) is 11.9 Å². The Kier molecular flexibility index (Phi) is 5.38. The van der Waals surface area contributed by atoms with Crippen LogP contribution in [0.3, 0.4) is 0 Å². The van der Waals surface area contributed by atoms with Crippen molar-refractivity contribution in [2.45, 2.75) is 32.9 Å². The van der Waals surface area contributed by atoms with Crippen molar-refractivity contribution in [2.24, 2.45) is 4.99 Å². The van der Waals surface area contributed by atoms with Gasteiger partial charge in [0.15, 0.2) is 10.8 Å². The lowest BCUT2D eigenvalue weighted by Crippen LogP contribution is -2.33. The lowest BCUT2D eigenvalue weighted by molar-refractivity contribution is -0.143. The molecule has 8 heteroatoms. The molecule has 0 fully saturated rings. The number of aliphatic imine (C=N–C) groups is 1. The number of nitrogens with one attached hydrogen (secondary N) is 1. The molecule has 1 aromatic heterocycles. The smallest absolute Gasteiger partial charge is 0.338 e. The third-order valence-corrected chi connectivity index (χ3v) is 4.80. The van der Waals surface area contributed by atoms with Gasteiger partial charge >= 0.3 is 5.97 Å². The van der Waals surface area contributed by atoms with Crippen LogP contribution in [0.2, 0.25) is 5.02 Å². The number of ether oxygens (including phenoxy) is 1. The predicted molar refractivity (Wildman–Crippen MR) is 99.9 cm³/mol. The van der Waals surface area contributed by atoms with E-state index in [0.717, 1.165) is 0 Å². The Morgan fingerprint density at radius 2 is 2.19 bits per heavy atom. The zero-order chi connectivity index (χ0) is 18.8. The molecule has 1 aromatic carbocycles. The first-order valence-electron chi connectivity index (χ1n) is 7.98. The van der Waals surface area contributed by atoms with Crippen LogP contribution in [-0.4, -0.2) is 22.9 Å². The number of hydrogen-bond acceptors (Lipinski definition) is 6. The number of rotatable bonds is 4. The summed E-state index contributed by atoms with van der Waals surface area (Å²) in [5.74, 6) is -0.412. The quantitative estimate of drug-likeness (QED) is 0.788. The number of halogens is 2. The SMILES string of the molecule is CC1=C(C(=O)OC(C)C)C(c2ccc(F)cc2Cl)N=C(c2nccs2)N1. The highest BCUT2D eigenvalue weighted by atomic mass is 35.5. The number of aromatic nitrogens is 1. The summed E-state index contributed by atoms with van der Waals surface area (Å²) in [6.45, 7) is 5.31. The number of esters is 1. The number of allylic oxidation sites excluding steroid dienone is 1. The summed E-state index contributed by atoms with van der Waals surface area (Å²) < 4.78 is 18.8. The Morgan fingerprint density at radius 3 is 2.81 bits per heavy atom. The van der Waals surface area contributed by atoms with Gasteiger partial charge in [0.25, 0.3) is 0 Å². The summed E-state index contributed by atoms with van der Waals surface area (Å²) in [6.07, 6.45) is 1.39. The van der Waals surface area contributed by atoms with Crippen LogP contribution >= 0.6 is 22.9 Å². The van der Waals surface area contributed by atoms with Gasteiger partial charge in [0.05, 0.1) is 11.7 Å². The molecule has 2 aromatic rings. The molecule has 2 heterocycles. The molecule has 0 saturated carbocycles. The summed E-state index contributed by atoms with van der Waals surface area (Å²) in [5.41, 5.74) is 1.47. The number of carbonyl (C=O) groups is 1. The summed E-state index contributed by atoms with van der Waals surface area (Å²) in [7, 11) is 0. The van der Waals surface area contributed by atoms with E-state index in [1.165, 1.54) is 29.5 Å². The second-order valence-electron chi connectivity index (χ2n) is 6.00. The van der Waals surface area contributed by atoms with Crippen LogP contribution in [0.25, 0.3) is 0 Å². The van der Waals surface area contributed by atoms with Crippen LogP contribution in [-0.2, 0) is 9.53 Å². The average molecular weight is 394 g/mol. The summed E-state index contributed by atoms with van der Waals surface area (Å²) in [6, 6.07) is 3.32. The Balaban J connectivity index is 2.10. The normalized spacial score (nSPS) is 17.2. The molecule has 5 nitrogen and oxygen atoms in total. The number of benzene rings is 1.